The second kappa shape index (κ2) is 8.39. The molecule has 0 aliphatic heterocycles. The van der Waals surface area contributed by atoms with E-state index in [9.17, 15) is 15.3 Å². The van der Waals surface area contributed by atoms with Crippen molar-refractivity contribution in [1.29, 1.82) is 0 Å². The fourth-order valence-electron chi connectivity index (χ4n) is 3.69. The van der Waals surface area contributed by atoms with E-state index >= 15 is 0 Å². The molecule has 0 unspecified atom stereocenters. The number of hydrogen-bond acceptors (Lipinski definition) is 3. The highest BCUT2D eigenvalue weighted by molar-refractivity contribution is 5.52. The van der Waals surface area contributed by atoms with Crippen molar-refractivity contribution in [3.63, 3.8) is 0 Å². The summed E-state index contributed by atoms with van der Waals surface area (Å²) in [6, 6.07) is 3.56. The van der Waals surface area contributed by atoms with Crippen molar-refractivity contribution in [2.75, 3.05) is 6.61 Å². The van der Waals surface area contributed by atoms with Crippen molar-refractivity contribution >= 4 is 0 Å². The van der Waals surface area contributed by atoms with Crippen LogP contribution in [0.2, 0.25) is 0 Å². The van der Waals surface area contributed by atoms with Gasteiger partial charge in [0.2, 0.25) is 0 Å². The van der Waals surface area contributed by atoms with Crippen LogP contribution in [0, 0.1) is 5.92 Å². The summed E-state index contributed by atoms with van der Waals surface area (Å²) in [6.45, 7) is 8.25. The molecule has 0 saturated carbocycles. The van der Waals surface area contributed by atoms with Crippen LogP contribution in [-0.4, -0.2) is 21.9 Å². The summed E-state index contributed by atoms with van der Waals surface area (Å²) in [4.78, 5) is 0. The Kier molecular flexibility index (Phi) is 6.50. The number of benzene rings is 1. The van der Waals surface area contributed by atoms with Crippen molar-refractivity contribution in [1.82, 2.24) is 0 Å². The molecule has 0 saturated heterocycles. The lowest BCUT2D eigenvalue weighted by Gasteiger charge is -2.31. The van der Waals surface area contributed by atoms with Crippen molar-refractivity contribution < 1.29 is 15.3 Å². The predicted molar refractivity (Wildman–Crippen MR) is 98.4 cm³/mol. The van der Waals surface area contributed by atoms with E-state index in [1.54, 1.807) is 12.1 Å². The van der Waals surface area contributed by atoms with E-state index in [0.717, 1.165) is 55.2 Å². The van der Waals surface area contributed by atoms with Gasteiger partial charge < -0.3 is 15.3 Å². The third-order valence-electron chi connectivity index (χ3n) is 5.06. The lowest BCUT2D eigenvalue weighted by atomic mass is 9.73. The van der Waals surface area contributed by atoms with Gasteiger partial charge >= 0.3 is 0 Å². The Morgan fingerprint density at radius 1 is 1.21 bits per heavy atom. The van der Waals surface area contributed by atoms with Crippen LogP contribution >= 0.6 is 0 Å². The van der Waals surface area contributed by atoms with Gasteiger partial charge in [-0.25, -0.2) is 0 Å². The van der Waals surface area contributed by atoms with Crippen LogP contribution in [0.3, 0.4) is 0 Å². The third kappa shape index (κ3) is 4.21. The molecule has 0 amide bonds. The molecule has 3 N–H and O–H groups in total. The van der Waals surface area contributed by atoms with Crippen molar-refractivity contribution in [3.05, 3.63) is 47.1 Å². The van der Waals surface area contributed by atoms with Gasteiger partial charge in [-0.1, -0.05) is 38.0 Å². The zero-order chi connectivity index (χ0) is 17.7. The van der Waals surface area contributed by atoms with Gasteiger partial charge in [0, 0.05) is 11.5 Å². The van der Waals surface area contributed by atoms with Crippen LogP contribution in [0.15, 0.2) is 35.9 Å². The Morgan fingerprint density at radius 3 is 2.42 bits per heavy atom. The number of allylic oxidation sites excluding steroid dienone is 2. The van der Waals surface area contributed by atoms with Crippen LogP contribution in [0.5, 0.6) is 11.5 Å². The van der Waals surface area contributed by atoms with Gasteiger partial charge in [0.05, 0.1) is 6.61 Å². The van der Waals surface area contributed by atoms with Crippen LogP contribution in [0.4, 0.5) is 0 Å². The highest BCUT2D eigenvalue weighted by Crippen LogP contribution is 2.46. The molecule has 0 heterocycles. The van der Waals surface area contributed by atoms with Gasteiger partial charge in [-0.3, -0.25) is 0 Å². The molecule has 0 aromatic heterocycles. The van der Waals surface area contributed by atoms with Gasteiger partial charge in [0.15, 0.2) is 0 Å². The Morgan fingerprint density at radius 2 is 1.88 bits per heavy atom. The Hall–Kier alpha value is -1.74. The summed E-state index contributed by atoms with van der Waals surface area (Å²) in [6.07, 6.45) is 7.92. The topological polar surface area (TPSA) is 60.7 Å². The quantitative estimate of drug-likeness (QED) is 0.496. The molecule has 0 bridgehead atoms. The lowest BCUT2D eigenvalue weighted by Crippen LogP contribution is -2.18. The molecule has 0 fully saturated rings. The van der Waals surface area contributed by atoms with Crippen molar-refractivity contribution in [2.45, 2.75) is 58.3 Å². The van der Waals surface area contributed by atoms with Gasteiger partial charge in [0.1, 0.15) is 11.5 Å². The molecule has 1 aromatic carbocycles. The van der Waals surface area contributed by atoms with Gasteiger partial charge in [-0.2, -0.15) is 0 Å². The summed E-state index contributed by atoms with van der Waals surface area (Å²) in [5, 5.41) is 30.6. The number of rotatable bonds is 7. The number of aliphatic hydroxyl groups is 1. The fourth-order valence-corrected chi connectivity index (χ4v) is 3.69. The first-order chi connectivity index (χ1) is 11.5. The number of phenols is 2. The Balaban J connectivity index is 2.36. The highest BCUT2D eigenvalue weighted by Gasteiger charge is 2.30. The summed E-state index contributed by atoms with van der Waals surface area (Å²) in [5.41, 5.74) is 3.53. The first-order valence-electron chi connectivity index (χ1n) is 8.98. The summed E-state index contributed by atoms with van der Waals surface area (Å²) in [7, 11) is 0. The summed E-state index contributed by atoms with van der Waals surface area (Å²) >= 11 is 0. The largest absolute Gasteiger partial charge is 0.507 e. The van der Waals surface area contributed by atoms with Crippen molar-refractivity contribution in [2.24, 2.45) is 5.92 Å². The van der Waals surface area contributed by atoms with E-state index in [2.05, 4.69) is 13.5 Å². The molecule has 132 valence electrons. The maximum absolute atomic E-state index is 10.6. The first-order valence-corrected chi connectivity index (χ1v) is 8.98. The van der Waals surface area contributed by atoms with E-state index in [-0.39, 0.29) is 29.9 Å². The molecule has 3 nitrogen and oxygen atoms in total. The van der Waals surface area contributed by atoms with Crippen molar-refractivity contribution in [3.8, 4) is 11.5 Å². The monoisotopic (exact) mass is 330 g/mol. The Bertz CT molecular complexity index is 593. The molecular formula is C21H30O3. The number of unbranched alkanes of at least 4 members (excludes halogenated alkanes) is 2. The average Bonchev–Trinajstić information content (AvgIpc) is 2.54. The minimum Gasteiger partial charge on any atom is -0.507 e. The smallest absolute Gasteiger partial charge is 0.123 e. The molecule has 2 rings (SSSR count). The fraction of sp³-hybridized carbons (Fsp3) is 0.524. The normalized spacial score (nSPS) is 20.7. The molecule has 3 heteroatoms. The van der Waals surface area contributed by atoms with Gasteiger partial charge in [-0.15, -0.1) is 0 Å². The van der Waals surface area contributed by atoms with Crippen LogP contribution in [0.1, 0.15) is 63.0 Å². The number of phenolic OH excluding ortho intramolecular Hbond substituents is 2. The predicted octanol–water partition coefficient (Wildman–Crippen LogP) is 4.82. The zero-order valence-corrected chi connectivity index (χ0v) is 14.9. The number of aryl methyl sites for hydroxylation is 1. The van der Waals surface area contributed by atoms with E-state index < -0.39 is 0 Å². The molecule has 2 atom stereocenters. The zero-order valence-electron chi connectivity index (χ0n) is 14.9. The van der Waals surface area contributed by atoms with Gasteiger partial charge in [-0.05, 0) is 61.8 Å². The standard InChI is InChI=1S/C21H30O3/c1-4-5-6-7-15-11-19(23)21(20(24)12-15)18-10-16(13-22)8-9-17(18)14(2)3/h10-12,17-18,22-24H,2,4-9,13H2,1,3H3/t17-,18-/m1/s1. The minimum atomic E-state index is -0.136. The second-order valence-corrected chi connectivity index (χ2v) is 7.01. The van der Waals surface area contributed by atoms with E-state index in [1.807, 2.05) is 13.0 Å². The third-order valence-corrected chi connectivity index (χ3v) is 5.06. The average molecular weight is 330 g/mol. The van der Waals surface area contributed by atoms with Crippen LogP contribution < -0.4 is 0 Å². The molecular weight excluding hydrogens is 300 g/mol. The SMILES string of the molecule is C=C(C)[C@H]1CCC(CO)=C[C@H]1c1c(O)cc(CCCCC)cc1O. The second-order valence-electron chi connectivity index (χ2n) is 7.01. The summed E-state index contributed by atoms with van der Waals surface area (Å²) < 4.78 is 0. The number of aromatic hydroxyl groups is 2. The number of hydrogen-bond donors (Lipinski definition) is 3. The lowest BCUT2D eigenvalue weighted by molar-refractivity contribution is 0.314. The Labute approximate surface area is 145 Å². The minimum absolute atomic E-state index is 0.0238. The molecule has 24 heavy (non-hydrogen) atoms. The highest BCUT2D eigenvalue weighted by atomic mass is 16.3. The molecule has 1 aromatic rings. The summed E-state index contributed by atoms with van der Waals surface area (Å²) in [5.74, 6) is 0.326. The van der Waals surface area contributed by atoms with Gasteiger partial charge in [0.25, 0.3) is 0 Å². The van der Waals surface area contributed by atoms with E-state index in [1.165, 1.54) is 0 Å². The van der Waals surface area contributed by atoms with E-state index in [4.69, 9.17) is 0 Å². The molecule has 1 aliphatic carbocycles. The molecule has 1 aliphatic rings. The maximum atomic E-state index is 10.6. The molecule has 0 radical (unpaired) electrons. The van der Waals surface area contributed by atoms with E-state index in [0.29, 0.717) is 5.56 Å². The van der Waals surface area contributed by atoms with Crippen LogP contribution in [0.25, 0.3) is 0 Å². The first kappa shape index (κ1) is 18.6. The number of aliphatic hydroxyl groups excluding tert-OH is 1. The molecule has 0 spiro atoms. The van der Waals surface area contributed by atoms with Crippen LogP contribution in [-0.2, 0) is 6.42 Å². The maximum Gasteiger partial charge on any atom is 0.123 e.